The molecule has 0 fully saturated rings. The molecule has 2 aromatic rings. The molecule has 0 aliphatic rings. The Morgan fingerprint density at radius 1 is 1.17 bits per heavy atom. The monoisotopic (exact) mass is 329 g/mol. The van der Waals surface area contributed by atoms with E-state index in [1.54, 1.807) is 19.2 Å². The van der Waals surface area contributed by atoms with Crippen LogP contribution in [0.4, 0.5) is 11.4 Å². The van der Waals surface area contributed by atoms with Gasteiger partial charge in [-0.05, 0) is 29.2 Å². The highest BCUT2D eigenvalue weighted by Gasteiger charge is 2.15. The van der Waals surface area contributed by atoms with Gasteiger partial charge in [0.15, 0.2) is 0 Å². The fourth-order valence-corrected chi connectivity index (χ4v) is 2.56. The Labute approximate surface area is 141 Å². The van der Waals surface area contributed by atoms with Crippen molar-refractivity contribution >= 4 is 11.4 Å². The SMILES string of the molecule is CCc1ccc(C(CO)NCc2ccc(NC)c([N+](=O)[O-])c2)cc1. The Bertz CT molecular complexity index is 686. The van der Waals surface area contributed by atoms with Gasteiger partial charge in [-0.3, -0.25) is 10.1 Å². The summed E-state index contributed by atoms with van der Waals surface area (Å²) in [5.41, 5.74) is 3.57. The van der Waals surface area contributed by atoms with E-state index in [4.69, 9.17) is 0 Å². The topological polar surface area (TPSA) is 87.4 Å². The van der Waals surface area contributed by atoms with Crippen LogP contribution in [0.15, 0.2) is 42.5 Å². The average Bonchev–Trinajstić information content (AvgIpc) is 2.62. The molecule has 0 saturated carbocycles. The average molecular weight is 329 g/mol. The lowest BCUT2D eigenvalue weighted by molar-refractivity contribution is -0.384. The van der Waals surface area contributed by atoms with Crippen molar-refractivity contribution in [2.45, 2.75) is 25.9 Å². The summed E-state index contributed by atoms with van der Waals surface area (Å²) >= 11 is 0. The summed E-state index contributed by atoms with van der Waals surface area (Å²) in [7, 11) is 1.65. The third-order valence-corrected chi connectivity index (χ3v) is 4.05. The van der Waals surface area contributed by atoms with Crippen LogP contribution in [0.25, 0.3) is 0 Å². The normalized spacial score (nSPS) is 12.0. The fraction of sp³-hybridized carbons (Fsp3) is 0.333. The molecular weight excluding hydrogens is 306 g/mol. The third kappa shape index (κ3) is 4.31. The lowest BCUT2D eigenvalue weighted by Gasteiger charge is -2.17. The van der Waals surface area contributed by atoms with Crippen LogP contribution in [0.5, 0.6) is 0 Å². The Morgan fingerprint density at radius 3 is 2.38 bits per heavy atom. The maximum absolute atomic E-state index is 11.1. The summed E-state index contributed by atoms with van der Waals surface area (Å²) in [5, 5.41) is 26.8. The van der Waals surface area contributed by atoms with Crippen molar-refractivity contribution in [1.82, 2.24) is 5.32 Å². The molecule has 3 N–H and O–H groups in total. The Balaban J connectivity index is 2.09. The second-order valence-electron chi connectivity index (χ2n) is 5.57. The molecule has 2 rings (SSSR count). The van der Waals surface area contributed by atoms with E-state index in [9.17, 15) is 15.2 Å². The standard InChI is InChI=1S/C18H23N3O3/c1-3-13-4-7-15(8-5-13)17(12-22)20-11-14-6-9-16(19-2)18(10-14)21(23)24/h4-10,17,19-20,22H,3,11-12H2,1-2H3. The first-order chi connectivity index (χ1) is 11.6. The van der Waals surface area contributed by atoms with Gasteiger partial charge in [-0.2, -0.15) is 0 Å². The van der Waals surface area contributed by atoms with Crippen molar-refractivity contribution < 1.29 is 10.0 Å². The zero-order chi connectivity index (χ0) is 17.5. The van der Waals surface area contributed by atoms with E-state index in [0.29, 0.717) is 12.2 Å². The predicted molar refractivity (Wildman–Crippen MR) is 95.1 cm³/mol. The number of aliphatic hydroxyl groups is 1. The summed E-state index contributed by atoms with van der Waals surface area (Å²) < 4.78 is 0. The van der Waals surface area contributed by atoms with Crippen LogP contribution in [-0.2, 0) is 13.0 Å². The third-order valence-electron chi connectivity index (χ3n) is 4.05. The van der Waals surface area contributed by atoms with E-state index in [0.717, 1.165) is 17.5 Å². The lowest BCUT2D eigenvalue weighted by Crippen LogP contribution is -2.24. The predicted octanol–water partition coefficient (Wildman–Crippen LogP) is 3.02. The van der Waals surface area contributed by atoms with Gasteiger partial charge in [0, 0.05) is 19.7 Å². The highest BCUT2D eigenvalue weighted by molar-refractivity contribution is 5.62. The Hall–Kier alpha value is -2.44. The molecule has 24 heavy (non-hydrogen) atoms. The first-order valence-electron chi connectivity index (χ1n) is 7.97. The van der Waals surface area contributed by atoms with Crippen molar-refractivity contribution in [3.8, 4) is 0 Å². The first-order valence-corrected chi connectivity index (χ1v) is 7.97. The molecule has 0 aliphatic carbocycles. The van der Waals surface area contributed by atoms with Crippen LogP contribution >= 0.6 is 0 Å². The molecule has 1 atom stereocenters. The number of benzene rings is 2. The van der Waals surface area contributed by atoms with Crippen LogP contribution in [0, 0.1) is 10.1 Å². The van der Waals surface area contributed by atoms with E-state index in [-0.39, 0.29) is 18.3 Å². The summed E-state index contributed by atoms with van der Waals surface area (Å²) in [6.45, 7) is 2.49. The quantitative estimate of drug-likeness (QED) is 0.512. The fourth-order valence-electron chi connectivity index (χ4n) is 2.56. The maximum Gasteiger partial charge on any atom is 0.292 e. The minimum Gasteiger partial charge on any atom is -0.394 e. The molecule has 0 aromatic heterocycles. The first kappa shape index (κ1) is 17.9. The maximum atomic E-state index is 11.1. The highest BCUT2D eigenvalue weighted by atomic mass is 16.6. The Kier molecular flexibility index (Phi) is 6.28. The molecular formula is C18H23N3O3. The van der Waals surface area contributed by atoms with Gasteiger partial charge in [0.25, 0.3) is 5.69 Å². The van der Waals surface area contributed by atoms with Crippen molar-refractivity contribution in [2.75, 3.05) is 19.0 Å². The summed E-state index contributed by atoms with van der Waals surface area (Å²) in [4.78, 5) is 10.7. The number of aliphatic hydroxyl groups excluding tert-OH is 1. The molecule has 0 heterocycles. The van der Waals surface area contributed by atoms with Gasteiger partial charge in [0.05, 0.1) is 17.6 Å². The van der Waals surface area contributed by atoms with Crippen LogP contribution in [0.1, 0.15) is 29.7 Å². The summed E-state index contributed by atoms with van der Waals surface area (Å²) in [6.07, 6.45) is 0.971. The van der Waals surface area contributed by atoms with Crippen LogP contribution in [0.3, 0.4) is 0 Å². The Morgan fingerprint density at radius 2 is 1.83 bits per heavy atom. The molecule has 0 radical (unpaired) electrons. The number of nitro groups is 1. The van der Waals surface area contributed by atoms with Gasteiger partial charge in [0.2, 0.25) is 0 Å². The number of aryl methyl sites for hydroxylation is 1. The van der Waals surface area contributed by atoms with E-state index in [1.807, 2.05) is 30.3 Å². The second kappa shape index (κ2) is 8.42. The summed E-state index contributed by atoms with van der Waals surface area (Å²) in [5.74, 6) is 0. The molecule has 0 aliphatic heterocycles. The second-order valence-corrected chi connectivity index (χ2v) is 5.57. The van der Waals surface area contributed by atoms with Crippen LogP contribution in [-0.4, -0.2) is 23.7 Å². The van der Waals surface area contributed by atoms with E-state index < -0.39 is 4.92 Å². The van der Waals surface area contributed by atoms with Gasteiger partial charge < -0.3 is 15.7 Å². The van der Waals surface area contributed by atoms with Crippen molar-refractivity contribution in [3.05, 3.63) is 69.3 Å². The van der Waals surface area contributed by atoms with Gasteiger partial charge in [-0.15, -0.1) is 0 Å². The van der Waals surface area contributed by atoms with E-state index >= 15 is 0 Å². The van der Waals surface area contributed by atoms with Crippen LogP contribution in [0.2, 0.25) is 0 Å². The van der Waals surface area contributed by atoms with Crippen molar-refractivity contribution in [1.29, 1.82) is 0 Å². The number of nitrogens with one attached hydrogen (secondary N) is 2. The van der Waals surface area contributed by atoms with Crippen molar-refractivity contribution in [2.24, 2.45) is 0 Å². The zero-order valence-electron chi connectivity index (χ0n) is 14.0. The number of nitro benzene ring substituents is 1. The smallest absolute Gasteiger partial charge is 0.292 e. The number of hydrogen-bond acceptors (Lipinski definition) is 5. The highest BCUT2D eigenvalue weighted by Crippen LogP contribution is 2.25. The largest absolute Gasteiger partial charge is 0.394 e. The van der Waals surface area contributed by atoms with E-state index in [1.165, 1.54) is 5.56 Å². The molecule has 0 spiro atoms. The number of nitrogens with zero attached hydrogens (tertiary/aromatic N) is 1. The molecule has 128 valence electrons. The summed E-state index contributed by atoms with van der Waals surface area (Å²) in [6, 6.07) is 13.0. The molecule has 1 unspecified atom stereocenters. The van der Waals surface area contributed by atoms with Gasteiger partial charge in [-0.1, -0.05) is 37.3 Å². The molecule has 0 saturated heterocycles. The van der Waals surface area contributed by atoms with Crippen LogP contribution < -0.4 is 10.6 Å². The minimum atomic E-state index is -0.400. The van der Waals surface area contributed by atoms with Gasteiger partial charge in [0.1, 0.15) is 5.69 Å². The molecule has 6 heteroatoms. The zero-order valence-corrected chi connectivity index (χ0v) is 14.0. The van der Waals surface area contributed by atoms with Gasteiger partial charge >= 0.3 is 0 Å². The molecule has 2 aromatic carbocycles. The molecule has 6 nitrogen and oxygen atoms in total. The lowest BCUT2D eigenvalue weighted by atomic mass is 10.0. The number of rotatable bonds is 8. The van der Waals surface area contributed by atoms with Crippen molar-refractivity contribution in [3.63, 3.8) is 0 Å². The van der Waals surface area contributed by atoms with Gasteiger partial charge in [-0.25, -0.2) is 0 Å². The minimum absolute atomic E-state index is 0.0395. The number of hydrogen-bond donors (Lipinski definition) is 3. The van der Waals surface area contributed by atoms with E-state index in [2.05, 4.69) is 17.6 Å². The molecule has 0 bridgehead atoms. The number of anilines is 1. The molecule has 0 amide bonds.